The molecule has 1 heterocycles. The zero-order valence-electron chi connectivity index (χ0n) is 16.6. The van der Waals surface area contributed by atoms with E-state index in [0.29, 0.717) is 18.0 Å². The van der Waals surface area contributed by atoms with E-state index >= 15 is 0 Å². The van der Waals surface area contributed by atoms with Crippen LogP contribution in [0.15, 0.2) is 54.6 Å². The molecule has 1 fully saturated rings. The van der Waals surface area contributed by atoms with Crippen molar-refractivity contribution in [3.05, 3.63) is 81.9 Å². The van der Waals surface area contributed by atoms with Crippen LogP contribution in [0, 0.1) is 11.7 Å². The van der Waals surface area contributed by atoms with Gasteiger partial charge in [0.15, 0.2) is 4.77 Å². The number of hydrogen-bond acceptors (Lipinski definition) is 3. The monoisotopic (exact) mass is 432 g/mol. The highest BCUT2D eigenvalue weighted by atomic mass is 32.1. The van der Waals surface area contributed by atoms with Crippen molar-refractivity contribution in [3.8, 4) is 0 Å². The van der Waals surface area contributed by atoms with Crippen LogP contribution in [-0.4, -0.2) is 25.3 Å². The van der Waals surface area contributed by atoms with Crippen molar-refractivity contribution in [1.29, 1.82) is 0 Å². The van der Waals surface area contributed by atoms with Crippen LogP contribution in [-0.2, 0) is 25.9 Å². The van der Waals surface area contributed by atoms with E-state index in [-0.39, 0.29) is 18.2 Å². The number of halogens is 3. The predicted molar refractivity (Wildman–Crippen MR) is 111 cm³/mol. The maximum absolute atomic E-state index is 13.4. The van der Waals surface area contributed by atoms with Crippen LogP contribution in [0.3, 0.4) is 0 Å². The molecule has 4 rings (SSSR count). The average molecular weight is 433 g/mol. The summed E-state index contributed by atoms with van der Waals surface area (Å²) in [7, 11) is 0. The fraction of sp³-hybridized carbons (Fsp3) is 0.364. The maximum Gasteiger partial charge on any atom is 0.416 e. The summed E-state index contributed by atoms with van der Waals surface area (Å²) in [5, 5.41) is 4.58. The Morgan fingerprint density at radius 2 is 1.73 bits per heavy atom. The summed E-state index contributed by atoms with van der Waals surface area (Å²) in [6, 6.07) is 16.0. The molecule has 2 aromatic carbocycles. The molecule has 0 atom stereocenters. The molecule has 8 heteroatoms. The summed E-state index contributed by atoms with van der Waals surface area (Å²) in [6.45, 7) is 3.10. The third kappa shape index (κ3) is 4.65. The van der Waals surface area contributed by atoms with Gasteiger partial charge in [-0.25, -0.2) is 4.68 Å². The van der Waals surface area contributed by atoms with Crippen molar-refractivity contribution in [3.63, 3.8) is 0 Å². The lowest BCUT2D eigenvalue weighted by Crippen LogP contribution is -2.30. The van der Waals surface area contributed by atoms with Gasteiger partial charge in [0.2, 0.25) is 0 Å². The van der Waals surface area contributed by atoms with Gasteiger partial charge in [-0.2, -0.15) is 18.3 Å². The molecule has 0 spiro atoms. The molecule has 0 saturated heterocycles. The van der Waals surface area contributed by atoms with Crippen LogP contribution in [0.2, 0.25) is 0 Å². The highest BCUT2D eigenvalue weighted by Crippen LogP contribution is 2.35. The molecule has 0 unspecified atom stereocenters. The first-order valence-electron chi connectivity index (χ1n) is 9.90. The largest absolute Gasteiger partial charge is 0.416 e. The van der Waals surface area contributed by atoms with E-state index in [1.165, 1.54) is 6.07 Å². The summed E-state index contributed by atoms with van der Waals surface area (Å²) in [4.78, 5) is 2.04. The Hall–Kier alpha value is -2.45. The second-order valence-electron chi connectivity index (χ2n) is 7.68. The molecule has 4 nitrogen and oxygen atoms in total. The van der Waals surface area contributed by atoms with Crippen LogP contribution < -0.4 is 0 Å². The Morgan fingerprint density at radius 1 is 1.07 bits per heavy atom. The molecule has 3 aromatic rings. The smallest absolute Gasteiger partial charge is 0.300 e. The molecular formula is C22H23F3N4S. The summed E-state index contributed by atoms with van der Waals surface area (Å²) in [5.41, 5.74) is 0.822. The van der Waals surface area contributed by atoms with Crippen molar-refractivity contribution in [1.82, 2.24) is 19.2 Å². The predicted octanol–water partition coefficient (Wildman–Crippen LogP) is 5.41. The Labute approximate surface area is 178 Å². The van der Waals surface area contributed by atoms with E-state index in [0.717, 1.165) is 30.3 Å². The lowest BCUT2D eigenvalue weighted by molar-refractivity contribution is -0.138. The van der Waals surface area contributed by atoms with Crippen molar-refractivity contribution in [2.24, 2.45) is 0 Å². The first-order valence-corrected chi connectivity index (χ1v) is 10.3. The molecular weight excluding hydrogens is 409 g/mol. The molecule has 1 saturated carbocycles. The van der Waals surface area contributed by atoms with Crippen LogP contribution >= 0.6 is 12.2 Å². The molecule has 1 aromatic heterocycles. The van der Waals surface area contributed by atoms with E-state index in [1.807, 2.05) is 46.7 Å². The number of aryl methyl sites for hydroxylation is 1. The second kappa shape index (κ2) is 8.35. The number of benzene rings is 2. The third-order valence-electron chi connectivity index (χ3n) is 5.37. The highest BCUT2D eigenvalue weighted by molar-refractivity contribution is 7.71. The highest BCUT2D eigenvalue weighted by Gasteiger charge is 2.35. The number of aromatic nitrogens is 3. The van der Waals surface area contributed by atoms with Crippen molar-refractivity contribution in [2.75, 3.05) is 0 Å². The molecule has 30 heavy (non-hydrogen) atoms. The van der Waals surface area contributed by atoms with Gasteiger partial charge in [0.25, 0.3) is 0 Å². The zero-order chi connectivity index (χ0) is 21.3. The van der Waals surface area contributed by atoms with Gasteiger partial charge in [0, 0.05) is 12.6 Å². The zero-order valence-corrected chi connectivity index (χ0v) is 17.5. The summed E-state index contributed by atoms with van der Waals surface area (Å²) >= 11 is 5.64. The number of alkyl halides is 3. The molecule has 0 bridgehead atoms. The second-order valence-corrected chi connectivity index (χ2v) is 8.04. The average Bonchev–Trinajstić information content (AvgIpc) is 3.52. The first-order chi connectivity index (χ1) is 14.3. The molecule has 0 radical (unpaired) electrons. The third-order valence-corrected chi connectivity index (χ3v) is 5.80. The fourth-order valence-corrected chi connectivity index (χ4v) is 3.94. The number of hydrogen-bond donors (Lipinski definition) is 0. The summed E-state index contributed by atoms with van der Waals surface area (Å²) < 4.78 is 44.5. The number of rotatable bonds is 7. The van der Waals surface area contributed by atoms with E-state index in [2.05, 4.69) is 5.10 Å². The summed E-state index contributed by atoms with van der Waals surface area (Å²) in [6.07, 6.45) is -2.41. The molecule has 0 amide bonds. The Kier molecular flexibility index (Phi) is 5.79. The van der Waals surface area contributed by atoms with Crippen molar-refractivity contribution < 1.29 is 13.2 Å². The molecule has 1 aliphatic rings. The lowest BCUT2D eigenvalue weighted by Gasteiger charge is -2.23. The van der Waals surface area contributed by atoms with Crippen molar-refractivity contribution >= 4 is 12.2 Å². The Morgan fingerprint density at radius 3 is 2.40 bits per heavy atom. The van der Waals surface area contributed by atoms with E-state index in [1.54, 1.807) is 16.8 Å². The maximum atomic E-state index is 13.4. The van der Waals surface area contributed by atoms with Gasteiger partial charge in [-0.05, 0) is 49.2 Å². The van der Waals surface area contributed by atoms with E-state index in [9.17, 15) is 13.2 Å². The van der Waals surface area contributed by atoms with Crippen molar-refractivity contribution in [2.45, 2.75) is 51.7 Å². The number of nitrogens with zero attached hydrogens (tertiary/aromatic N) is 4. The van der Waals surface area contributed by atoms with Gasteiger partial charge in [0.05, 0.1) is 18.8 Å². The van der Waals surface area contributed by atoms with Gasteiger partial charge in [-0.1, -0.05) is 48.5 Å². The Balaban J connectivity index is 1.57. The molecule has 1 aliphatic carbocycles. The van der Waals surface area contributed by atoms with Gasteiger partial charge in [-0.3, -0.25) is 9.47 Å². The first kappa shape index (κ1) is 20.8. The van der Waals surface area contributed by atoms with Crippen LogP contribution in [0.5, 0.6) is 0 Å². The Bertz CT molecular complexity index is 1070. The van der Waals surface area contributed by atoms with Gasteiger partial charge < -0.3 is 0 Å². The van der Waals surface area contributed by atoms with Crippen LogP contribution in [0.25, 0.3) is 0 Å². The van der Waals surface area contributed by atoms with Gasteiger partial charge in [-0.15, -0.1) is 0 Å². The van der Waals surface area contributed by atoms with Gasteiger partial charge >= 0.3 is 6.18 Å². The topological polar surface area (TPSA) is 26.0 Å². The van der Waals surface area contributed by atoms with E-state index in [4.69, 9.17) is 12.2 Å². The molecule has 0 aliphatic heterocycles. The SMILES string of the molecule is Cc1nn(CN(Cc2ccccc2C(F)(F)F)C2CC2)c(=S)n1Cc1ccccc1. The fourth-order valence-electron chi connectivity index (χ4n) is 3.65. The molecule has 0 N–H and O–H groups in total. The van der Waals surface area contributed by atoms with Crippen LogP contribution in [0.1, 0.15) is 35.4 Å². The summed E-state index contributed by atoms with van der Waals surface area (Å²) in [5.74, 6) is 0.787. The minimum atomic E-state index is -4.37. The quantitative estimate of drug-likeness (QED) is 0.467. The lowest BCUT2D eigenvalue weighted by atomic mass is 10.1. The minimum Gasteiger partial charge on any atom is -0.300 e. The minimum absolute atomic E-state index is 0.215. The van der Waals surface area contributed by atoms with E-state index < -0.39 is 11.7 Å². The van der Waals surface area contributed by atoms with Gasteiger partial charge in [0.1, 0.15) is 5.82 Å². The molecule has 158 valence electrons. The normalized spacial score (nSPS) is 14.4. The van der Waals surface area contributed by atoms with Crippen LogP contribution in [0.4, 0.5) is 13.2 Å². The standard InChI is InChI=1S/C22H23F3N4S/c1-16-26-29(21(30)28(16)13-17-7-3-2-4-8-17)15-27(19-11-12-19)14-18-9-5-6-10-20(18)22(23,24)25/h2-10,19H,11-15H2,1H3.